The van der Waals surface area contributed by atoms with Crippen LogP contribution in [0.2, 0.25) is 0 Å². The van der Waals surface area contributed by atoms with Gasteiger partial charge >= 0.3 is 0 Å². The molecule has 0 unspecified atom stereocenters. The molecule has 1 aliphatic rings. The molecule has 1 N–H and O–H groups in total. The summed E-state index contributed by atoms with van der Waals surface area (Å²) in [4.78, 5) is 4.25. The first-order valence-electron chi connectivity index (χ1n) is 5.43. The number of hydrogen-bond donors (Lipinski definition) is 1. The van der Waals surface area contributed by atoms with Gasteiger partial charge in [-0.05, 0) is 11.1 Å². The van der Waals surface area contributed by atoms with Crippen molar-refractivity contribution in [3.05, 3.63) is 52.0 Å². The first-order valence-corrected chi connectivity index (χ1v) is 6.31. The number of aromatic nitrogens is 1. The number of aliphatic hydroxyl groups is 1. The van der Waals surface area contributed by atoms with Crippen molar-refractivity contribution in [3.63, 3.8) is 0 Å². The minimum Gasteiger partial charge on any atom is -0.389 e. The molecule has 3 heteroatoms. The van der Waals surface area contributed by atoms with Crippen LogP contribution in [-0.4, -0.2) is 15.7 Å². The molecule has 1 aromatic heterocycles. The molecule has 0 bridgehead atoms. The number of thiazole rings is 1. The van der Waals surface area contributed by atoms with Crippen molar-refractivity contribution in [2.45, 2.75) is 24.9 Å². The summed E-state index contributed by atoms with van der Waals surface area (Å²) in [7, 11) is 0. The Balaban J connectivity index is 1.83. The van der Waals surface area contributed by atoms with Crippen molar-refractivity contribution in [2.75, 3.05) is 0 Å². The average molecular weight is 231 g/mol. The summed E-state index contributed by atoms with van der Waals surface area (Å²) in [5.41, 5.74) is 1.93. The van der Waals surface area contributed by atoms with Crippen molar-refractivity contribution < 1.29 is 5.11 Å². The molecule has 0 amide bonds. The normalized spacial score (nSPS) is 17.3. The lowest BCUT2D eigenvalue weighted by atomic mass is 9.97. The molecule has 0 spiro atoms. The van der Waals surface area contributed by atoms with Crippen LogP contribution >= 0.6 is 11.3 Å². The molecule has 0 atom stereocenters. The Bertz CT molecular complexity index is 462. The minimum absolute atomic E-state index is 0.623. The zero-order valence-corrected chi connectivity index (χ0v) is 9.70. The standard InChI is InChI=1S/C13H13NOS/c15-13(9-12-14-5-6-16-12)7-10-3-1-2-4-11(10)8-13/h1-6,15H,7-9H2. The highest BCUT2D eigenvalue weighted by Gasteiger charge is 2.35. The van der Waals surface area contributed by atoms with Gasteiger partial charge in [-0.15, -0.1) is 11.3 Å². The summed E-state index contributed by atoms with van der Waals surface area (Å²) in [5, 5.41) is 13.5. The van der Waals surface area contributed by atoms with Gasteiger partial charge in [-0.25, -0.2) is 4.98 Å². The fraction of sp³-hybridized carbons (Fsp3) is 0.308. The molecule has 1 aromatic carbocycles. The van der Waals surface area contributed by atoms with Crippen LogP contribution in [0.3, 0.4) is 0 Å². The third kappa shape index (κ3) is 1.77. The Hall–Kier alpha value is -1.19. The van der Waals surface area contributed by atoms with Gasteiger partial charge < -0.3 is 5.11 Å². The van der Waals surface area contributed by atoms with Crippen LogP contribution in [0.4, 0.5) is 0 Å². The summed E-state index contributed by atoms with van der Waals surface area (Å²) >= 11 is 1.62. The quantitative estimate of drug-likeness (QED) is 0.859. The van der Waals surface area contributed by atoms with Crippen molar-refractivity contribution >= 4 is 11.3 Å². The molecule has 0 radical (unpaired) electrons. The largest absolute Gasteiger partial charge is 0.389 e. The molecule has 16 heavy (non-hydrogen) atoms. The monoisotopic (exact) mass is 231 g/mol. The van der Waals surface area contributed by atoms with Gasteiger partial charge in [-0.2, -0.15) is 0 Å². The van der Waals surface area contributed by atoms with Gasteiger partial charge in [-0.1, -0.05) is 24.3 Å². The summed E-state index contributed by atoms with van der Waals surface area (Å²) in [6, 6.07) is 8.28. The smallest absolute Gasteiger partial charge is 0.0953 e. The minimum atomic E-state index is -0.623. The zero-order chi connectivity index (χ0) is 11.0. The molecule has 0 fully saturated rings. The predicted molar refractivity (Wildman–Crippen MR) is 64.6 cm³/mol. The first kappa shape index (κ1) is 10.00. The molecule has 2 aromatic rings. The molecule has 0 saturated carbocycles. The average Bonchev–Trinajstić information content (AvgIpc) is 2.83. The second-order valence-electron chi connectivity index (χ2n) is 4.45. The van der Waals surface area contributed by atoms with E-state index in [0.717, 1.165) is 17.8 Å². The van der Waals surface area contributed by atoms with Crippen LogP contribution in [0.5, 0.6) is 0 Å². The van der Waals surface area contributed by atoms with Crippen LogP contribution in [0.1, 0.15) is 16.1 Å². The van der Waals surface area contributed by atoms with Gasteiger partial charge in [-0.3, -0.25) is 0 Å². The van der Waals surface area contributed by atoms with Crippen LogP contribution in [0, 0.1) is 0 Å². The van der Waals surface area contributed by atoms with Gasteiger partial charge in [0.15, 0.2) is 0 Å². The van der Waals surface area contributed by atoms with Gasteiger partial charge in [0.2, 0.25) is 0 Å². The first-order chi connectivity index (χ1) is 7.75. The highest BCUT2D eigenvalue weighted by Crippen LogP contribution is 2.32. The van der Waals surface area contributed by atoms with Gasteiger partial charge in [0.05, 0.1) is 10.6 Å². The van der Waals surface area contributed by atoms with E-state index in [-0.39, 0.29) is 0 Å². The molecule has 0 saturated heterocycles. The second kappa shape index (κ2) is 3.68. The fourth-order valence-corrected chi connectivity index (χ4v) is 3.17. The third-order valence-electron chi connectivity index (χ3n) is 3.12. The number of nitrogens with zero attached hydrogens (tertiary/aromatic N) is 1. The summed E-state index contributed by atoms with van der Waals surface area (Å²) in [5.74, 6) is 0. The highest BCUT2D eigenvalue weighted by atomic mass is 32.1. The lowest BCUT2D eigenvalue weighted by molar-refractivity contribution is 0.0517. The Kier molecular flexibility index (Phi) is 2.30. The molecular weight excluding hydrogens is 218 g/mol. The van der Waals surface area contributed by atoms with Gasteiger partial charge in [0, 0.05) is 30.8 Å². The van der Waals surface area contributed by atoms with Crippen molar-refractivity contribution in [1.82, 2.24) is 4.98 Å². The highest BCUT2D eigenvalue weighted by molar-refractivity contribution is 7.09. The van der Waals surface area contributed by atoms with E-state index in [1.165, 1.54) is 11.1 Å². The summed E-state index contributed by atoms with van der Waals surface area (Å²) in [6.07, 6.45) is 3.97. The van der Waals surface area contributed by atoms with Gasteiger partial charge in [0.1, 0.15) is 0 Å². The van der Waals surface area contributed by atoms with E-state index in [4.69, 9.17) is 0 Å². The van der Waals surface area contributed by atoms with E-state index in [0.29, 0.717) is 6.42 Å². The maximum atomic E-state index is 10.6. The van der Waals surface area contributed by atoms with Crippen LogP contribution < -0.4 is 0 Å². The van der Waals surface area contributed by atoms with E-state index >= 15 is 0 Å². The molecule has 1 aliphatic carbocycles. The molecule has 2 nitrogen and oxygen atoms in total. The topological polar surface area (TPSA) is 33.1 Å². The SMILES string of the molecule is OC1(Cc2nccs2)Cc2ccccc2C1. The Morgan fingerprint density at radius 2 is 1.94 bits per heavy atom. The molecule has 0 aliphatic heterocycles. The van der Waals surface area contributed by atoms with Crippen LogP contribution in [0.15, 0.2) is 35.8 Å². The van der Waals surface area contributed by atoms with Gasteiger partial charge in [0.25, 0.3) is 0 Å². The van der Waals surface area contributed by atoms with E-state index in [2.05, 4.69) is 17.1 Å². The van der Waals surface area contributed by atoms with Crippen LogP contribution in [-0.2, 0) is 19.3 Å². The maximum Gasteiger partial charge on any atom is 0.0953 e. The van der Waals surface area contributed by atoms with E-state index in [1.54, 1.807) is 17.5 Å². The van der Waals surface area contributed by atoms with Crippen molar-refractivity contribution in [1.29, 1.82) is 0 Å². The maximum absolute atomic E-state index is 10.6. The fourth-order valence-electron chi connectivity index (χ4n) is 2.42. The van der Waals surface area contributed by atoms with Crippen molar-refractivity contribution in [2.24, 2.45) is 0 Å². The molecular formula is C13H13NOS. The molecule has 1 heterocycles. The molecule has 82 valence electrons. The number of rotatable bonds is 2. The van der Waals surface area contributed by atoms with Crippen molar-refractivity contribution in [3.8, 4) is 0 Å². The number of fused-ring (bicyclic) bond motifs is 1. The lowest BCUT2D eigenvalue weighted by Crippen LogP contribution is -2.32. The van der Waals surface area contributed by atoms with Crippen LogP contribution in [0.25, 0.3) is 0 Å². The van der Waals surface area contributed by atoms with E-state index in [1.807, 2.05) is 17.5 Å². The van der Waals surface area contributed by atoms with E-state index < -0.39 is 5.60 Å². The Morgan fingerprint density at radius 3 is 2.50 bits per heavy atom. The lowest BCUT2D eigenvalue weighted by Gasteiger charge is -2.20. The van der Waals surface area contributed by atoms with E-state index in [9.17, 15) is 5.11 Å². The third-order valence-corrected chi connectivity index (χ3v) is 3.90. The Labute approximate surface area is 98.6 Å². The number of hydrogen-bond acceptors (Lipinski definition) is 3. The molecule has 3 rings (SSSR count). The predicted octanol–water partition coefficient (Wildman–Crippen LogP) is 2.22. The second-order valence-corrected chi connectivity index (χ2v) is 5.43. The zero-order valence-electron chi connectivity index (χ0n) is 8.89. The summed E-state index contributed by atoms with van der Waals surface area (Å²) < 4.78 is 0. The Morgan fingerprint density at radius 1 is 1.25 bits per heavy atom. The summed E-state index contributed by atoms with van der Waals surface area (Å²) in [6.45, 7) is 0. The number of benzene rings is 1.